The zero-order valence-corrected chi connectivity index (χ0v) is 17.3. The third kappa shape index (κ3) is 4.68. The Labute approximate surface area is 168 Å². The molecule has 0 spiro atoms. The summed E-state index contributed by atoms with van der Waals surface area (Å²) in [5, 5.41) is 3.38. The van der Waals surface area contributed by atoms with Crippen LogP contribution in [0, 0.1) is 5.82 Å². The molecule has 1 amide bonds. The molecule has 0 unspecified atom stereocenters. The van der Waals surface area contributed by atoms with Crippen LogP contribution >= 0.6 is 0 Å². The Morgan fingerprint density at radius 2 is 1.86 bits per heavy atom. The van der Waals surface area contributed by atoms with E-state index < -0.39 is 34.2 Å². The number of amides is 1. The Morgan fingerprint density at radius 3 is 2.41 bits per heavy atom. The van der Waals surface area contributed by atoms with Crippen LogP contribution in [0.3, 0.4) is 0 Å². The molecule has 1 saturated carbocycles. The van der Waals surface area contributed by atoms with E-state index in [1.165, 1.54) is 6.07 Å². The molecule has 2 aliphatic rings. The molecular formula is C21H28F4N2O2. The summed E-state index contributed by atoms with van der Waals surface area (Å²) in [4.78, 5) is 14.3. The molecule has 1 N–H and O–H groups in total. The van der Waals surface area contributed by atoms with Gasteiger partial charge < -0.3 is 15.0 Å². The number of halogens is 4. The van der Waals surface area contributed by atoms with Crippen molar-refractivity contribution in [2.75, 3.05) is 13.1 Å². The molecule has 0 bridgehead atoms. The van der Waals surface area contributed by atoms with Gasteiger partial charge in [-0.3, -0.25) is 0 Å². The number of alkyl halides is 3. The van der Waals surface area contributed by atoms with Crippen LogP contribution in [-0.2, 0) is 16.5 Å². The summed E-state index contributed by atoms with van der Waals surface area (Å²) in [7, 11) is 0. The molecule has 162 valence electrons. The monoisotopic (exact) mass is 416 g/mol. The number of hydrogen-bond acceptors (Lipinski definition) is 3. The van der Waals surface area contributed by atoms with Crippen molar-refractivity contribution < 1.29 is 27.1 Å². The molecule has 0 aromatic heterocycles. The topological polar surface area (TPSA) is 41.6 Å². The smallest absolute Gasteiger partial charge is 0.419 e. The van der Waals surface area contributed by atoms with Gasteiger partial charge >= 0.3 is 12.3 Å². The van der Waals surface area contributed by atoms with Crippen molar-refractivity contribution in [1.82, 2.24) is 10.2 Å². The highest BCUT2D eigenvalue weighted by atomic mass is 19.4. The molecule has 1 saturated heterocycles. The van der Waals surface area contributed by atoms with Crippen molar-refractivity contribution in [1.29, 1.82) is 0 Å². The fraction of sp³-hybridized carbons (Fsp3) is 0.667. The van der Waals surface area contributed by atoms with Crippen molar-refractivity contribution in [3.63, 3.8) is 0 Å². The van der Waals surface area contributed by atoms with E-state index in [1.807, 2.05) is 27.7 Å². The predicted molar refractivity (Wildman–Crippen MR) is 101 cm³/mol. The van der Waals surface area contributed by atoms with Gasteiger partial charge in [-0.15, -0.1) is 0 Å². The molecule has 1 atom stereocenters. The second-order valence-corrected chi connectivity index (χ2v) is 9.36. The Hall–Kier alpha value is -1.83. The molecular weight excluding hydrogens is 388 g/mol. The third-order valence-corrected chi connectivity index (χ3v) is 5.74. The highest BCUT2D eigenvalue weighted by Gasteiger charge is 2.49. The minimum absolute atomic E-state index is 0.384. The summed E-state index contributed by atoms with van der Waals surface area (Å²) >= 11 is 0. The normalized spacial score (nSPS) is 23.9. The van der Waals surface area contributed by atoms with Gasteiger partial charge in [0.05, 0.1) is 11.1 Å². The maximum atomic E-state index is 13.6. The van der Waals surface area contributed by atoms with Crippen LogP contribution in [0.5, 0.6) is 0 Å². The highest BCUT2D eigenvalue weighted by molar-refractivity contribution is 5.69. The summed E-state index contributed by atoms with van der Waals surface area (Å²) in [6.45, 7) is 8.38. The van der Waals surface area contributed by atoms with Gasteiger partial charge in [-0.25, -0.2) is 9.18 Å². The standard InChI is InChI=1S/C21H28F4N2O2/c1-18(2,3)29-17(28)27-11-5-8-19(27,4)13-26-20(9-10-20)14-6-7-16(22)15(12-14)21(23,24)25/h6-7,12,26H,5,8-11,13H2,1-4H3/t19-/m0/s1. The Bertz CT molecular complexity index is 784. The molecule has 4 nitrogen and oxygen atoms in total. The van der Waals surface area contributed by atoms with E-state index in [1.54, 1.807) is 4.90 Å². The lowest BCUT2D eigenvalue weighted by Crippen LogP contribution is -2.54. The maximum absolute atomic E-state index is 13.6. The third-order valence-electron chi connectivity index (χ3n) is 5.74. The zero-order valence-electron chi connectivity index (χ0n) is 17.3. The first-order valence-corrected chi connectivity index (χ1v) is 9.89. The van der Waals surface area contributed by atoms with Crippen LogP contribution in [0.4, 0.5) is 22.4 Å². The molecule has 1 heterocycles. The van der Waals surface area contributed by atoms with E-state index in [0.29, 0.717) is 31.5 Å². The molecule has 1 aliphatic carbocycles. The zero-order chi connectivity index (χ0) is 21.7. The fourth-order valence-corrected chi connectivity index (χ4v) is 3.93. The Balaban J connectivity index is 1.74. The largest absolute Gasteiger partial charge is 0.444 e. The van der Waals surface area contributed by atoms with E-state index in [2.05, 4.69) is 5.32 Å². The van der Waals surface area contributed by atoms with E-state index in [4.69, 9.17) is 4.74 Å². The van der Waals surface area contributed by atoms with Gasteiger partial charge in [0.25, 0.3) is 0 Å². The van der Waals surface area contributed by atoms with Gasteiger partial charge in [-0.2, -0.15) is 13.2 Å². The first kappa shape index (κ1) is 21.9. The molecule has 1 aliphatic heterocycles. The summed E-state index contributed by atoms with van der Waals surface area (Å²) in [6.07, 6.45) is -2.19. The minimum atomic E-state index is -4.74. The number of hydrogen-bond donors (Lipinski definition) is 1. The lowest BCUT2D eigenvalue weighted by Gasteiger charge is -2.38. The summed E-state index contributed by atoms with van der Waals surface area (Å²) in [5.74, 6) is -1.27. The van der Waals surface area contributed by atoms with E-state index in [0.717, 1.165) is 25.0 Å². The number of nitrogens with one attached hydrogen (secondary N) is 1. The van der Waals surface area contributed by atoms with Crippen LogP contribution in [0.15, 0.2) is 18.2 Å². The van der Waals surface area contributed by atoms with E-state index in [9.17, 15) is 22.4 Å². The summed E-state index contributed by atoms with van der Waals surface area (Å²) < 4.78 is 58.4. The van der Waals surface area contributed by atoms with Crippen LogP contribution in [0.1, 0.15) is 64.5 Å². The first-order chi connectivity index (χ1) is 13.3. The van der Waals surface area contributed by atoms with Gasteiger partial charge in [-0.05, 0) is 71.1 Å². The van der Waals surface area contributed by atoms with Crippen LogP contribution in [-0.4, -0.2) is 35.2 Å². The molecule has 1 aromatic rings. The van der Waals surface area contributed by atoms with Crippen molar-refractivity contribution in [3.05, 3.63) is 35.1 Å². The summed E-state index contributed by atoms with van der Waals surface area (Å²) in [6, 6.07) is 3.19. The molecule has 3 rings (SSSR count). The van der Waals surface area contributed by atoms with Gasteiger partial charge in [0.1, 0.15) is 11.4 Å². The second kappa shape index (κ2) is 7.15. The SMILES string of the molecule is CC(C)(C)OC(=O)N1CCC[C@@]1(C)CNC1(c2ccc(F)c(C(F)(F)F)c2)CC1. The lowest BCUT2D eigenvalue weighted by molar-refractivity contribution is -0.140. The van der Waals surface area contributed by atoms with E-state index in [-0.39, 0.29) is 6.09 Å². The average Bonchev–Trinajstić information content (AvgIpc) is 3.26. The van der Waals surface area contributed by atoms with Gasteiger partial charge in [0.2, 0.25) is 0 Å². The quantitative estimate of drug-likeness (QED) is 0.685. The number of carbonyl (C=O) groups excluding carboxylic acids is 1. The second-order valence-electron chi connectivity index (χ2n) is 9.36. The molecule has 1 aromatic carbocycles. The van der Waals surface area contributed by atoms with Crippen molar-refractivity contribution in [2.24, 2.45) is 0 Å². The van der Waals surface area contributed by atoms with Crippen molar-refractivity contribution >= 4 is 6.09 Å². The van der Waals surface area contributed by atoms with Crippen molar-refractivity contribution in [2.45, 2.75) is 76.2 Å². The van der Waals surface area contributed by atoms with Gasteiger partial charge in [-0.1, -0.05) is 6.07 Å². The fourth-order valence-electron chi connectivity index (χ4n) is 3.93. The Morgan fingerprint density at radius 1 is 1.21 bits per heavy atom. The molecule has 0 radical (unpaired) electrons. The summed E-state index contributed by atoms with van der Waals surface area (Å²) in [5.41, 5.74) is -2.53. The molecule has 8 heteroatoms. The number of likely N-dealkylation sites (tertiary alicyclic amines) is 1. The van der Waals surface area contributed by atoms with Crippen molar-refractivity contribution in [3.8, 4) is 0 Å². The number of rotatable bonds is 4. The number of benzene rings is 1. The number of nitrogens with zero attached hydrogens (tertiary/aromatic N) is 1. The lowest BCUT2D eigenvalue weighted by atomic mass is 9.96. The minimum Gasteiger partial charge on any atom is -0.444 e. The van der Waals surface area contributed by atoms with Gasteiger partial charge in [0.15, 0.2) is 0 Å². The highest BCUT2D eigenvalue weighted by Crippen LogP contribution is 2.47. The Kier molecular flexibility index (Phi) is 5.39. The van der Waals surface area contributed by atoms with Crippen LogP contribution in [0.2, 0.25) is 0 Å². The molecule has 2 fully saturated rings. The average molecular weight is 416 g/mol. The number of ether oxygens (including phenoxy) is 1. The maximum Gasteiger partial charge on any atom is 0.419 e. The van der Waals surface area contributed by atoms with Gasteiger partial charge in [0, 0.05) is 18.6 Å². The van der Waals surface area contributed by atoms with E-state index >= 15 is 0 Å². The number of carbonyl (C=O) groups is 1. The first-order valence-electron chi connectivity index (χ1n) is 9.89. The predicted octanol–water partition coefficient (Wildman–Crippen LogP) is 5.21. The molecule has 29 heavy (non-hydrogen) atoms. The van der Waals surface area contributed by atoms with Crippen LogP contribution in [0.25, 0.3) is 0 Å². The van der Waals surface area contributed by atoms with Crippen LogP contribution < -0.4 is 5.32 Å².